The number of carboxylic acid groups (broad SMARTS) is 1. The Kier molecular flexibility index (Phi) is 5.47. The Hall–Kier alpha value is -1.74. The van der Waals surface area contributed by atoms with Crippen molar-refractivity contribution in [3.8, 4) is 0 Å². The summed E-state index contributed by atoms with van der Waals surface area (Å²) in [6, 6.07) is 6.35. The highest BCUT2D eigenvalue weighted by atomic mass is 35.5. The molecule has 0 spiro atoms. The predicted octanol–water partition coefficient (Wildman–Crippen LogP) is 2.10. The van der Waals surface area contributed by atoms with Crippen molar-refractivity contribution in [1.82, 2.24) is 14.6 Å². The van der Waals surface area contributed by atoms with E-state index in [9.17, 15) is 13.2 Å². The van der Waals surface area contributed by atoms with Gasteiger partial charge in [-0.05, 0) is 31.5 Å². The molecule has 3 rings (SSSR count). The highest BCUT2D eigenvalue weighted by Gasteiger charge is 2.36. The van der Waals surface area contributed by atoms with E-state index in [1.165, 1.54) is 12.3 Å². The number of pyridine rings is 1. The van der Waals surface area contributed by atoms with Crippen LogP contribution in [0.2, 0.25) is 5.02 Å². The molecule has 0 radical (unpaired) electrons. The SMILES string of the molecule is CCN(CC(=O)O)C1CC(NS(=O)(=O)c2cccc3c(Cl)ccnc23)C1. The van der Waals surface area contributed by atoms with E-state index < -0.39 is 16.0 Å². The monoisotopic (exact) mass is 397 g/mol. The smallest absolute Gasteiger partial charge is 0.317 e. The molecule has 2 N–H and O–H groups in total. The number of nitrogens with zero attached hydrogens (tertiary/aromatic N) is 2. The molecule has 0 bridgehead atoms. The lowest BCUT2D eigenvalue weighted by Crippen LogP contribution is -2.54. The number of likely N-dealkylation sites (N-methyl/N-ethyl adjacent to an activating group) is 1. The number of hydrogen-bond donors (Lipinski definition) is 2. The van der Waals surface area contributed by atoms with Gasteiger partial charge in [0.15, 0.2) is 0 Å². The van der Waals surface area contributed by atoms with Crippen LogP contribution in [-0.2, 0) is 14.8 Å². The summed E-state index contributed by atoms with van der Waals surface area (Å²) in [6.07, 6.45) is 2.65. The first-order chi connectivity index (χ1) is 12.3. The minimum Gasteiger partial charge on any atom is -0.480 e. The molecular weight excluding hydrogens is 378 g/mol. The van der Waals surface area contributed by atoms with Gasteiger partial charge in [-0.2, -0.15) is 0 Å². The molecule has 2 aromatic rings. The molecule has 1 aliphatic carbocycles. The normalized spacial score (nSPS) is 20.3. The maximum atomic E-state index is 12.8. The lowest BCUT2D eigenvalue weighted by Gasteiger charge is -2.42. The fourth-order valence-electron chi connectivity index (χ4n) is 3.27. The van der Waals surface area contributed by atoms with Crippen molar-refractivity contribution >= 4 is 38.5 Å². The third kappa shape index (κ3) is 3.83. The number of fused-ring (bicyclic) bond motifs is 1. The van der Waals surface area contributed by atoms with Gasteiger partial charge in [-0.15, -0.1) is 0 Å². The fourth-order valence-corrected chi connectivity index (χ4v) is 4.91. The molecule has 1 aromatic heterocycles. The molecule has 0 saturated heterocycles. The number of carboxylic acids is 1. The number of halogens is 1. The summed E-state index contributed by atoms with van der Waals surface area (Å²) in [5, 5.41) is 9.97. The number of aromatic nitrogens is 1. The molecule has 26 heavy (non-hydrogen) atoms. The second-order valence-corrected chi connectivity index (χ2v) is 8.43. The minimum atomic E-state index is -3.75. The molecule has 9 heteroatoms. The first-order valence-corrected chi connectivity index (χ1v) is 10.2. The molecular formula is C17H20ClN3O4S. The lowest BCUT2D eigenvalue weighted by atomic mass is 9.86. The summed E-state index contributed by atoms with van der Waals surface area (Å²) < 4.78 is 28.3. The zero-order chi connectivity index (χ0) is 18.9. The molecule has 1 aliphatic rings. The van der Waals surface area contributed by atoms with Gasteiger partial charge in [0.2, 0.25) is 10.0 Å². The highest BCUT2D eigenvalue weighted by molar-refractivity contribution is 7.89. The van der Waals surface area contributed by atoms with Crippen LogP contribution in [0.4, 0.5) is 0 Å². The van der Waals surface area contributed by atoms with Crippen molar-refractivity contribution < 1.29 is 18.3 Å². The van der Waals surface area contributed by atoms with Gasteiger partial charge in [-0.25, -0.2) is 13.1 Å². The number of sulfonamides is 1. The van der Waals surface area contributed by atoms with E-state index in [0.717, 1.165) is 0 Å². The molecule has 1 saturated carbocycles. The van der Waals surface area contributed by atoms with Crippen LogP contribution in [0.25, 0.3) is 10.9 Å². The highest BCUT2D eigenvalue weighted by Crippen LogP contribution is 2.30. The summed E-state index contributed by atoms with van der Waals surface area (Å²) >= 11 is 6.13. The van der Waals surface area contributed by atoms with Crippen molar-refractivity contribution in [2.24, 2.45) is 0 Å². The van der Waals surface area contributed by atoms with Gasteiger partial charge in [0.1, 0.15) is 4.90 Å². The molecule has 0 aliphatic heterocycles. The van der Waals surface area contributed by atoms with Gasteiger partial charge in [0.25, 0.3) is 0 Å². The Morgan fingerprint density at radius 1 is 1.38 bits per heavy atom. The third-order valence-corrected chi connectivity index (χ3v) is 6.55. The van der Waals surface area contributed by atoms with Crippen LogP contribution in [0.3, 0.4) is 0 Å². The van der Waals surface area contributed by atoms with E-state index in [4.69, 9.17) is 16.7 Å². The summed E-state index contributed by atoms with van der Waals surface area (Å²) in [6.45, 7) is 2.47. The van der Waals surface area contributed by atoms with Crippen molar-refractivity contribution in [3.05, 3.63) is 35.5 Å². The van der Waals surface area contributed by atoms with Crippen LogP contribution < -0.4 is 4.72 Å². The third-order valence-electron chi connectivity index (χ3n) is 4.67. The Morgan fingerprint density at radius 2 is 2.12 bits per heavy atom. The molecule has 1 aromatic carbocycles. The summed E-state index contributed by atoms with van der Waals surface area (Å²) in [5.74, 6) is -0.880. The minimum absolute atomic E-state index is 0.0353. The molecule has 0 atom stereocenters. The Labute approximate surface area is 157 Å². The van der Waals surface area contributed by atoms with E-state index in [1.807, 2.05) is 11.8 Å². The maximum Gasteiger partial charge on any atom is 0.317 e. The largest absolute Gasteiger partial charge is 0.480 e. The number of carbonyl (C=O) groups is 1. The van der Waals surface area contributed by atoms with Crippen LogP contribution in [0.1, 0.15) is 19.8 Å². The zero-order valence-corrected chi connectivity index (χ0v) is 15.8. The van der Waals surface area contributed by atoms with E-state index in [1.54, 1.807) is 18.2 Å². The van der Waals surface area contributed by atoms with Crippen LogP contribution in [0, 0.1) is 0 Å². The van der Waals surface area contributed by atoms with Gasteiger partial charge in [0, 0.05) is 23.7 Å². The van der Waals surface area contributed by atoms with E-state index in [2.05, 4.69) is 9.71 Å². The number of para-hydroxylation sites is 1. The average molecular weight is 398 g/mol. The van der Waals surface area contributed by atoms with Crippen LogP contribution in [0.5, 0.6) is 0 Å². The first-order valence-electron chi connectivity index (χ1n) is 8.33. The first kappa shape index (κ1) is 19.0. The number of hydrogen-bond acceptors (Lipinski definition) is 5. The summed E-state index contributed by atoms with van der Waals surface area (Å²) in [7, 11) is -3.75. The number of rotatable bonds is 7. The van der Waals surface area contributed by atoms with Crippen molar-refractivity contribution in [2.45, 2.75) is 36.7 Å². The molecule has 1 fully saturated rings. The number of nitrogens with one attached hydrogen (secondary N) is 1. The Bertz CT molecular complexity index is 929. The molecule has 0 unspecified atom stereocenters. The van der Waals surface area contributed by atoms with Crippen molar-refractivity contribution in [3.63, 3.8) is 0 Å². The van der Waals surface area contributed by atoms with Gasteiger partial charge < -0.3 is 5.11 Å². The molecule has 1 heterocycles. The van der Waals surface area contributed by atoms with E-state index in [-0.39, 0.29) is 23.5 Å². The van der Waals surface area contributed by atoms with Gasteiger partial charge in [-0.3, -0.25) is 14.7 Å². The lowest BCUT2D eigenvalue weighted by molar-refractivity contribution is -0.139. The second kappa shape index (κ2) is 7.48. The molecule has 7 nitrogen and oxygen atoms in total. The fraction of sp³-hybridized carbons (Fsp3) is 0.412. The number of benzene rings is 1. The quantitative estimate of drug-likeness (QED) is 0.742. The van der Waals surface area contributed by atoms with Crippen LogP contribution in [0.15, 0.2) is 35.4 Å². The second-order valence-electron chi connectivity index (χ2n) is 6.35. The van der Waals surface area contributed by atoms with E-state index >= 15 is 0 Å². The zero-order valence-electron chi connectivity index (χ0n) is 14.2. The number of aliphatic carboxylic acids is 1. The van der Waals surface area contributed by atoms with E-state index in [0.29, 0.717) is 35.3 Å². The van der Waals surface area contributed by atoms with Crippen molar-refractivity contribution in [2.75, 3.05) is 13.1 Å². The standard InChI is InChI=1S/C17H20ClN3O4S/c1-2-21(10-16(22)23)12-8-11(9-12)20-26(24,25)15-5-3-4-13-14(18)6-7-19-17(13)15/h3-7,11-12,20H,2,8-10H2,1H3,(H,22,23). The molecule has 0 amide bonds. The summed E-state index contributed by atoms with van der Waals surface area (Å²) in [5.41, 5.74) is 0.337. The van der Waals surface area contributed by atoms with Crippen LogP contribution in [-0.4, -0.2) is 54.6 Å². The summed E-state index contributed by atoms with van der Waals surface area (Å²) in [4.78, 5) is 17.0. The van der Waals surface area contributed by atoms with Gasteiger partial charge in [-0.1, -0.05) is 30.7 Å². The predicted molar refractivity (Wildman–Crippen MR) is 98.8 cm³/mol. The Balaban J connectivity index is 1.74. The van der Waals surface area contributed by atoms with Crippen LogP contribution >= 0.6 is 11.6 Å². The van der Waals surface area contributed by atoms with Gasteiger partial charge >= 0.3 is 5.97 Å². The topological polar surface area (TPSA) is 99.6 Å². The maximum absolute atomic E-state index is 12.8. The molecule has 140 valence electrons. The average Bonchev–Trinajstić information content (AvgIpc) is 2.55. The van der Waals surface area contributed by atoms with Crippen molar-refractivity contribution in [1.29, 1.82) is 0 Å². The van der Waals surface area contributed by atoms with Gasteiger partial charge in [0.05, 0.1) is 17.1 Å². The Morgan fingerprint density at radius 3 is 2.77 bits per heavy atom.